The molecule has 0 radical (unpaired) electrons. The van der Waals surface area contributed by atoms with E-state index in [0.717, 1.165) is 88.7 Å². The summed E-state index contributed by atoms with van der Waals surface area (Å²) in [4.78, 5) is 64.8. The summed E-state index contributed by atoms with van der Waals surface area (Å²) in [7, 11) is 0. The molecule has 61 heavy (non-hydrogen) atoms. The maximum absolute atomic E-state index is 12.4. The number of carboxylic acids is 3. The number of aromatic amines is 3. The third kappa shape index (κ3) is 8.89. The number of fused-ring (bicyclic) bond motifs is 3. The minimum absolute atomic E-state index is 0.0423. The van der Waals surface area contributed by atoms with Crippen molar-refractivity contribution in [2.45, 2.75) is 58.2 Å². The van der Waals surface area contributed by atoms with Crippen molar-refractivity contribution in [3.63, 3.8) is 0 Å². The molecular weight excluding hydrogens is 777 g/mol. The Labute approximate surface area is 352 Å². The van der Waals surface area contributed by atoms with Crippen molar-refractivity contribution in [1.82, 2.24) is 50.8 Å². The van der Waals surface area contributed by atoms with Crippen molar-refractivity contribution in [1.29, 1.82) is 0 Å². The first-order chi connectivity index (χ1) is 29.7. The summed E-state index contributed by atoms with van der Waals surface area (Å²) in [6, 6.07) is 18.1. The van der Waals surface area contributed by atoms with E-state index in [2.05, 4.69) is 54.0 Å². The molecular formula is C45H54N10O6. The lowest BCUT2D eigenvalue weighted by Crippen LogP contribution is -2.27. The zero-order valence-electron chi connectivity index (χ0n) is 34.1. The van der Waals surface area contributed by atoms with Gasteiger partial charge in [0.05, 0.1) is 50.9 Å². The van der Waals surface area contributed by atoms with Crippen molar-refractivity contribution in [3.8, 4) is 0 Å². The zero-order chi connectivity index (χ0) is 42.0. The predicted octanol–water partition coefficient (Wildman–Crippen LogP) is 4.08. The number of imidazole rings is 3. The van der Waals surface area contributed by atoms with Crippen LogP contribution in [0, 0.1) is 35.5 Å². The van der Waals surface area contributed by atoms with Gasteiger partial charge in [0.2, 0.25) is 0 Å². The summed E-state index contributed by atoms with van der Waals surface area (Å²) < 4.78 is 0. The fourth-order valence-corrected chi connectivity index (χ4v) is 10.0. The monoisotopic (exact) mass is 830 g/mol. The van der Waals surface area contributed by atoms with Crippen LogP contribution >= 0.6 is 0 Å². The molecule has 0 amide bonds. The van der Waals surface area contributed by atoms with E-state index in [1.807, 2.05) is 36.4 Å². The standard InChI is InChI=1S/C45H54N10O6/c56-43(57)31(25-10-13-46-19-25)16-37-49-34-7-1-4-28(40(34)52-37)22-55(23-29-5-2-8-35-41(29)53-38(50-35)17-32(44(58)59)26-11-14-47-20-26)24-30-6-3-9-36-42(30)54-39(51-36)18-33(45(60)61)27-12-15-48-21-27/h1-9,25-27,31-33,46-48H,10-24H2,(H,49,52)(H,50,53)(H,51,54)(H,56,57)(H,58,59)(H,60,61). The lowest BCUT2D eigenvalue weighted by Gasteiger charge is -2.23. The lowest BCUT2D eigenvalue weighted by atomic mass is 9.88. The van der Waals surface area contributed by atoms with E-state index in [4.69, 9.17) is 15.0 Å². The Balaban J connectivity index is 1.04. The summed E-state index contributed by atoms with van der Waals surface area (Å²) in [5.74, 6) is -1.99. The van der Waals surface area contributed by atoms with Crippen LogP contribution in [0.2, 0.25) is 0 Å². The summed E-state index contributed by atoms with van der Waals surface area (Å²) in [5.41, 5.74) is 7.83. The molecule has 0 aliphatic carbocycles. The average molecular weight is 831 g/mol. The predicted molar refractivity (Wildman–Crippen MR) is 229 cm³/mol. The number of rotatable bonds is 18. The van der Waals surface area contributed by atoms with Crippen LogP contribution in [0.3, 0.4) is 0 Å². The van der Waals surface area contributed by atoms with Crippen molar-refractivity contribution < 1.29 is 29.7 Å². The Bertz CT molecular complexity index is 2250. The van der Waals surface area contributed by atoms with Crippen molar-refractivity contribution in [2.75, 3.05) is 39.3 Å². The van der Waals surface area contributed by atoms with Gasteiger partial charge < -0.3 is 46.2 Å². The van der Waals surface area contributed by atoms with Crippen LogP contribution in [0.25, 0.3) is 33.1 Å². The number of nitrogens with zero attached hydrogens (tertiary/aromatic N) is 4. The van der Waals surface area contributed by atoms with Gasteiger partial charge in [0.15, 0.2) is 0 Å². The number of aliphatic carboxylic acids is 3. The third-order valence-corrected chi connectivity index (χ3v) is 13.3. The second-order valence-corrected chi connectivity index (χ2v) is 17.3. The topological polar surface area (TPSA) is 237 Å². The van der Waals surface area contributed by atoms with E-state index < -0.39 is 35.7 Å². The van der Waals surface area contributed by atoms with E-state index in [1.165, 1.54) is 0 Å². The van der Waals surface area contributed by atoms with E-state index in [0.29, 0.717) is 76.0 Å². The summed E-state index contributed by atoms with van der Waals surface area (Å²) >= 11 is 0. The largest absolute Gasteiger partial charge is 0.481 e. The van der Waals surface area contributed by atoms with E-state index >= 15 is 0 Å². The number of hydrogen-bond donors (Lipinski definition) is 9. The third-order valence-electron chi connectivity index (χ3n) is 13.3. The first-order valence-electron chi connectivity index (χ1n) is 21.6. The van der Waals surface area contributed by atoms with Gasteiger partial charge in [-0.05, 0) is 111 Å². The van der Waals surface area contributed by atoms with Crippen LogP contribution in [-0.4, -0.2) is 107 Å². The molecule has 6 unspecified atom stereocenters. The first kappa shape index (κ1) is 40.7. The highest BCUT2D eigenvalue weighted by atomic mass is 16.4. The fraction of sp³-hybridized carbons (Fsp3) is 0.467. The molecule has 6 atom stereocenters. The number of H-pyrrole nitrogens is 3. The van der Waals surface area contributed by atoms with E-state index in [9.17, 15) is 29.7 Å². The van der Waals surface area contributed by atoms with Crippen molar-refractivity contribution >= 4 is 51.0 Å². The highest BCUT2D eigenvalue weighted by Gasteiger charge is 2.34. The molecule has 6 aromatic rings. The quantitative estimate of drug-likeness (QED) is 0.0595. The molecule has 3 aromatic heterocycles. The number of hydrogen-bond acceptors (Lipinski definition) is 10. The van der Waals surface area contributed by atoms with Crippen molar-refractivity contribution in [3.05, 3.63) is 88.8 Å². The second-order valence-electron chi connectivity index (χ2n) is 17.3. The SMILES string of the molecule is O=C(O)C(Cc1nc2c(CN(Cc3cccc4[nH]c(CC(C(=O)O)C5CCNC5)nc34)Cc3cccc4[nH]c(CC(C(=O)O)C5CCNC5)nc34)cccc2[nH]1)C1CCNC1. The number of carboxylic acid groups (broad SMARTS) is 3. The lowest BCUT2D eigenvalue weighted by molar-refractivity contribution is -0.144. The van der Waals surface area contributed by atoms with Crippen LogP contribution in [0.1, 0.15) is 53.4 Å². The highest BCUT2D eigenvalue weighted by molar-refractivity contribution is 5.81. The number of nitrogens with one attached hydrogen (secondary N) is 6. The smallest absolute Gasteiger partial charge is 0.307 e. The van der Waals surface area contributed by atoms with Gasteiger partial charge in [-0.1, -0.05) is 36.4 Å². The maximum Gasteiger partial charge on any atom is 0.307 e. The van der Waals surface area contributed by atoms with Crippen LogP contribution in [0.4, 0.5) is 0 Å². The highest BCUT2D eigenvalue weighted by Crippen LogP contribution is 2.30. The maximum atomic E-state index is 12.4. The molecule has 3 aliphatic heterocycles. The zero-order valence-corrected chi connectivity index (χ0v) is 34.1. The Kier molecular flexibility index (Phi) is 11.8. The Morgan fingerprint density at radius 1 is 0.525 bits per heavy atom. The van der Waals surface area contributed by atoms with Gasteiger partial charge >= 0.3 is 17.9 Å². The van der Waals surface area contributed by atoms with Gasteiger partial charge in [0.1, 0.15) is 17.5 Å². The van der Waals surface area contributed by atoms with Crippen LogP contribution < -0.4 is 16.0 Å². The molecule has 3 aliphatic rings. The Morgan fingerprint density at radius 3 is 1.10 bits per heavy atom. The van der Waals surface area contributed by atoms with Crippen LogP contribution in [0.5, 0.6) is 0 Å². The van der Waals surface area contributed by atoms with Crippen LogP contribution in [0.15, 0.2) is 54.6 Å². The molecule has 6 heterocycles. The molecule has 0 bridgehead atoms. The summed E-state index contributed by atoms with van der Waals surface area (Å²) in [5, 5.41) is 40.4. The molecule has 16 nitrogen and oxygen atoms in total. The van der Waals surface area contributed by atoms with E-state index in [1.54, 1.807) is 0 Å². The molecule has 0 spiro atoms. The minimum Gasteiger partial charge on any atom is -0.481 e. The molecule has 3 saturated heterocycles. The van der Waals surface area contributed by atoms with Gasteiger partial charge in [-0.3, -0.25) is 19.3 Å². The van der Waals surface area contributed by atoms with Crippen molar-refractivity contribution in [2.24, 2.45) is 35.5 Å². The molecule has 9 N–H and O–H groups in total. The van der Waals surface area contributed by atoms with Gasteiger partial charge in [-0.2, -0.15) is 0 Å². The minimum atomic E-state index is -0.810. The van der Waals surface area contributed by atoms with Gasteiger partial charge in [-0.25, -0.2) is 15.0 Å². The van der Waals surface area contributed by atoms with Crippen LogP contribution in [-0.2, 0) is 53.3 Å². The molecule has 16 heteroatoms. The molecule has 3 aromatic carbocycles. The first-order valence-corrected chi connectivity index (χ1v) is 21.6. The summed E-state index contributed by atoms with van der Waals surface area (Å²) in [6.07, 6.45) is 3.40. The fourth-order valence-electron chi connectivity index (χ4n) is 10.0. The van der Waals surface area contributed by atoms with Gasteiger partial charge in [0, 0.05) is 38.9 Å². The average Bonchev–Trinajstić information content (AvgIpc) is 4.08. The number of aromatic nitrogens is 6. The van der Waals surface area contributed by atoms with E-state index in [-0.39, 0.29) is 17.8 Å². The van der Waals surface area contributed by atoms with Gasteiger partial charge in [0.25, 0.3) is 0 Å². The number of benzene rings is 3. The molecule has 3 fully saturated rings. The normalized spacial score (nSPS) is 20.9. The number of para-hydroxylation sites is 3. The Hall–Kier alpha value is -5.68. The molecule has 0 saturated carbocycles. The summed E-state index contributed by atoms with van der Waals surface area (Å²) in [6.45, 7) is 5.97. The van der Waals surface area contributed by atoms with Gasteiger partial charge in [-0.15, -0.1) is 0 Å². The molecule has 320 valence electrons. The molecule has 9 rings (SSSR count). The second kappa shape index (κ2) is 17.7. The number of carbonyl (C=O) groups is 3. The Morgan fingerprint density at radius 2 is 0.836 bits per heavy atom.